The normalized spacial score (nSPS) is 24.3. The molecule has 16 heteroatoms. The van der Waals surface area contributed by atoms with Gasteiger partial charge >= 0.3 is 15.6 Å². The third kappa shape index (κ3) is 4.88. The number of anilines is 1. The molecule has 3 unspecified atom stereocenters. The van der Waals surface area contributed by atoms with Crippen LogP contribution in [0.4, 0.5) is 5.82 Å². The quantitative estimate of drug-likeness (QED) is 0.380. The zero-order valence-corrected chi connectivity index (χ0v) is 15.6. The van der Waals surface area contributed by atoms with Gasteiger partial charge in [-0.15, -0.1) is 0 Å². The van der Waals surface area contributed by atoms with Gasteiger partial charge in [-0.1, -0.05) is 0 Å². The van der Waals surface area contributed by atoms with Crippen molar-refractivity contribution in [3.8, 4) is 0 Å². The van der Waals surface area contributed by atoms with Gasteiger partial charge in [-0.25, -0.2) is 24.1 Å². The largest absolute Gasteiger partial charge is 0.472 e. The molecule has 3 heterocycles. The van der Waals surface area contributed by atoms with E-state index in [1.165, 1.54) is 12.7 Å². The lowest BCUT2D eigenvalue weighted by Gasteiger charge is -2.35. The van der Waals surface area contributed by atoms with Gasteiger partial charge in [-0.05, 0) is 0 Å². The molecule has 1 fully saturated rings. The number of ether oxygens (including phenoxy) is 1. The van der Waals surface area contributed by atoms with E-state index >= 15 is 0 Å². The van der Waals surface area contributed by atoms with Crippen LogP contribution >= 0.6 is 15.6 Å². The summed E-state index contributed by atoms with van der Waals surface area (Å²) in [6, 6.07) is -0.539. The van der Waals surface area contributed by atoms with Crippen molar-refractivity contribution in [3.63, 3.8) is 0 Å². The van der Waals surface area contributed by atoms with Crippen LogP contribution in [0, 0.1) is 0 Å². The Kier molecular flexibility index (Phi) is 5.64. The maximum atomic E-state index is 11.2. The molecule has 5 N–H and O–H groups in total. The summed E-state index contributed by atoms with van der Waals surface area (Å²) in [7, 11) is -8.28. The minimum absolute atomic E-state index is 0.0832. The fourth-order valence-corrected chi connectivity index (χ4v) is 3.76. The van der Waals surface area contributed by atoms with Gasteiger partial charge in [0, 0.05) is 13.5 Å². The molecule has 14 nitrogen and oxygen atoms in total. The number of phosphoric ester groups is 2. The average Bonchev–Trinajstić information content (AvgIpc) is 2.98. The molecule has 0 saturated carbocycles. The molecule has 3 atom stereocenters. The zero-order chi connectivity index (χ0) is 19.8. The predicted octanol–water partition coefficient (Wildman–Crippen LogP) is -0.257. The van der Waals surface area contributed by atoms with E-state index in [9.17, 15) is 9.13 Å². The zero-order valence-electron chi connectivity index (χ0n) is 13.8. The topological polar surface area (TPSA) is 198 Å². The Bertz CT molecular complexity index is 911. The van der Waals surface area contributed by atoms with Crippen molar-refractivity contribution in [1.82, 2.24) is 19.5 Å². The summed E-state index contributed by atoms with van der Waals surface area (Å²) >= 11 is 0. The molecule has 0 spiro atoms. The molecule has 0 amide bonds. The molecule has 0 aromatic carbocycles. The van der Waals surface area contributed by atoms with Gasteiger partial charge in [-0.2, -0.15) is 0 Å². The highest BCUT2D eigenvalue weighted by Gasteiger charge is 2.41. The highest BCUT2D eigenvalue weighted by molar-refractivity contribution is 7.46. The molecule has 27 heavy (non-hydrogen) atoms. The third-order valence-corrected chi connectivity index (χ3v) is 4.79. The first kappa shape index (κ1) is 20.3. The summed E-state index contributed by atoms with van der Waals surface area (Å²) < 4.78 is 38.2. The van der Waals surface area contributed by atoms with Gasteiger partial charge < -0.3 is 34.2 Å². The summed E-state index contributed by atoms with van der Waals surface area (Å²) in [5, 5.41) is 2.87. The van der Waals surface area contributed by atoms with Crippen LogP contribution in [0.15, 0.2) is 12.7 Å². The number of phosphoric acid groups is 2. The summed E-state index contributed by atoms with van der Waals surface area (Å²) in [4.78, 5) is 48.5. The fourth-order valence-electron chi connectivity index (χ4n) is 2.76. The second-order valence-electron chi connectivity index (χ2n) is 5.62. The Morgan fingerprint density at radius 3 is 2.52 bits per heavy atom. The highest BCUT2D eigenvalue weighted by Crippen LogP contribution is 2.46. The molecule has 1 aliphatic rings. The molecular weight excluding hydrogens is 408 g/mol. The van der Waals surface area contributed by atoms with Gasteiger partial charge in [0.1, 0.15) is 17.9 Å². The van der Waals surface area contributed by atoms with Gasteiger partial charge in [0.2, 0.25) is 0 Å². The standard InChI is InChI=1S/C11H17N5O9P2/c1-12-9-8-10(14-4-13-9)16(5-15-8)6-2-7(24-26(17,18)19)11(23-3-6)25-27(20,21)22/h4-7,11H,2-3H2,1H3,(H,12,13,14)(H2,17,18,19)(H2,20,21,22). The Morgan fingerprint density at radius 1 is 1.19 bits per heavy atom. The van der Waals surface area contributed by atoms with Crippen molar-refractivity contribution >= 4 is 32.6 Å². The Hall–Kier alpha value is -1.47. The van der Waals surface area contributed by atoms with E-state index in [-0.39, 0.29) is 13.0 Å². The van der Waals surface area contributed by atoms with Crippen LogP contribution in [-0.2, 0) is 22.9 Å². The van der Waals surface area contributed by atoms with E-state index < -0.39 is 34.1 Å². The number of rotatable bonds is 6. The first-order chi connectivity index (χ1) is 12.6. The van der Waals surface area contributed by atoms with Crippen LogP contribution in [-0.4, -0.2) is 65.1 Å². The molecule has 0 radical (unpaired) electrons. The molecule has 0 bridgehead atoms. The number of imidazole rings is 1. The van der Waals surface area contributed by atoms with Crippen molar-refractivity contribution in [2.75, 3.05) is 19.0 Å². The molecule has 1 saturated heterocycles. The number of nitrogens with zero attached hydrogens (tertiary/aromatic N) is 4. The van der Waals surface area contributed by atoms with Gasteiger partial charge in [-0.3, -0.25) is 9.05 Å². The lowest BCUT2D eigenvalue weighted by atomic mass is 10.1. The summed E-state index contributed by atoms with van der Waals surface area (Å²) in [5.41, 5.74) is 0.910. The molecule has 1 aliphatic heterocycles. The summed E-state index contributed by atoms with van der Waals surface area (Å²) in [6.07, 6.45) is -0.417. The van der Waals surface area contributed by atoms with Crippen molar-refractivity contribution in [3.05, 3.63) is 12.7 Å². The average molecular weight is 425 g/mol. The van der Waals surface area contributed by atoms with Crippen molar-refractivity contribution in [2.24, 2.45) is 0 Å². The number of hydrogen-bond acceptors (Lipinski definition) is 9. The lowest BCUT2D eigenvalue weighted by molar-refractivity contribution is -0.185. The van der Waals surface area contributed by atoms with Crippen LogP contribution in [0.5, 0.6) is 0 Å². The SMILES string of the molecule is CNc1ncnc2c1ncn2C1COC(OP(=O)(O)O)C(OP(=O)(O)O)C1. The molecule has 2 aromatic heterocycles. The van der Waals surface area contributed by atoms with Crippen LogP contribution in [0.3, 0.4) is 0 Å². The maximum absolute atomic E-state index is 11.2. The molecular formula is C11H17N5O9P2. The number of fused-ring (bicyclic) bond motifs is 1. The minimum atomic E-state index is -4.97. The Morgan fingerprint density at radius 2 is 1.89 bits per heavy atom. The second-order valence-corrected chi connectivity index (χ2v) is 8.00. The van der Waals surface area contributed by atoms with E-state index in [0.29, 0.717) is 17.0 Å². The molecule has 2 aromatic rings. The summed E-state index contributed by atoms with van der Waals surface area (Å²) in [5.74, 6) is 0.487. The van der Waals surface area contributed by atoms with E-state index in [1.54, 1.807) is 11.6 Å². The van der Waals surface area contributed by atoms with Gasteiger partial charge in [0.05, 0.1) is 19.0 Å². The summed E-state index contributed by atoms with van der Waals surface area (Å²) in [6.45, 7) is -0.0873. The van der Waals surface area contributed by atoms with Crippen LogP contribution in [0.2, 0.25) is 0 Å². The van der Waals surface area contributed by atoms with Gasteiger partial charge in [0.15, 0.2) is 17.8 Å². The molecule has 3 rings (SSSR count). The van der Waals surface area contributed by atoms with Crippen LogP contribution in [0.1, 0.15) is 12.5 Å². The lowest BCUT2D eigenvalue weighted by Crippen LogP contribution is -2.41. The first-order valence-corrected chi connectivity index (χ1v) is 10.6. The smallest absolute Gasteiger partial charge is 0.371 e. The maximum Gasteiger partial charge on any atom is 0.472 e. The number of hydrogen-bond donors (Lipinski definition) is 5. The van der Waals surface area contributed by atoms with Gasteiger partial charge in [0.25, 0.3) is 0 Å². The third-order valence-electron chi connectivity index (χ3n) is 3.76. The highest BCUT2D eigenvalue weighted by atomic mass is 31.2. The first-order valence-electron chi connectivity index (χ1n) is 7.52. The van der Waals surface area contributed by atoms with E-state index in [2.05, 4.69) is 29.3 Å². The monoisotopic (exact) mass is 425 g/mol. The minimum Gasteiger partial charge on any atom is -0.371 e. The number of nitrogens with one attached hydrogen (secondary N) is 1. The Balaban J connectivity index is 1.88. The molecule has 0 aliphatic carbocycles. The van der Waals surface area contributed by atoms with Crippen molar-refractivity contribution in [1.29, 1.82) is 0 Å². The van der Waals surface area contributed by atoms with E-state index in [4.69, 9.17) is 24.3 Å². The van der Waals surface area contributed by atoms with Crippen molar-refractivity contribution < 1.29 is 42.5 Å². The predicted molar refractivity (Wildman–Crippen MR) is 88.3 cm³/mol. The van der Waals surface area contributed by atoms with Crippen LogP contribution in [0.25, 0.3) is 11.2 Å². The fraction of sp³-hybridized carbons (Fsp3) is 0.545. The number of aromatic nitrogens is 4. The van der Waals surface area contributed by atoms with Crippen LogP contribution < -0.4 is 5.32 Å². The second kappa shape index (κ2) is 7.51. The molecule has 150 valence electrons. The van der Waals surface area contributed by atoms with Crippen molar-refractivity contribution in [2.45, 2.75) is 24.9 Å². The Labute approximate surface area is 152 Å². The van der Waals surface area contributed by atoms with E-state index in [0.717, 1.165) is 0 Å². The van der Waals surface area contributed by atoms with E-state index in [1.807, 2.05) is 0 Å².